The van der Waals surface area contributed by atoms with Crippen LogP contribution in [0.1, 0.15) is 26.7 Å². The van der Waals surface area contributed by atoms with Gasteiger partial charge >= 0.3 is 0 Å². The van der Waals surface area contributed by atoms with Gasteiger partial charge < -0.3 is 5.32 Å². The van der Waals surface area contributed by atoms with E-state index in [1.54, 1.807) is 0 Å². The molecular formula is C11H18N2O2. The molecule has 0 aliphatic carbocycles. The minimum atomic E-state index is -0.139. The molecule has 2 aliphatic heterocycles. The summed E-state index contributed by atoms with van der Waals surface area (Å²) in [6.07, 6.45) is 1.99. The van der Waals surface area contributed by atoms with Gasteiger partial charge in [0.15, 0.2) is 0 Å². The molecule has 2 saturated heterocycles. The first kappa shape index (κ1) is 10.6. The fourth-order valence-corrected chi connectivity index (χ4v) is 2.39. The van der Waals surface area contributed by atoms with E-state index in [9.17, 15) is 9.59 Å². The van der Waals surface area contributed by atoms with Crippen molar-refractivity contribution in [2.45, 2.75) is 32.7 Å². The highest BCUT2D eigenvalue weighted by atomic mass is 16.2. The quantitative estimate of drug-likeness (QED) is 0.636. The summed E-state index contributed by atoms with van der Waals surface area (Å²) in [5.41, 5.74) is 0. The number of nitrogens with one attached hydrogen (secondary N) is 1. The first-order chi connectivity index (χ1) is 7.13. The van der Waals surface area contributed by atoms with E-state index in [1.807, 2.05) is 13.8 Å². The van der Waals surface area contributed by atoms with Crippen LogP contribution in [-0.4, -0.2) is 35.8 Å². The third-order valence-electron chi connectivity index (χ3n) is 3.64. The van der Waals surface area contributed by atoms with E-state index in [1.165, 1.54) is 4.90 Å². The van der Waals surface area contributed by atoms with Gasteiger partial charge in [0.05, 0.1) is 6.04 Å². The number of hydrogen-bond acceptors (Lipinski definition) is 3. The molecule has 3 atom stereocenters. The van der Waals surface area contributed by atoms with Crippen LogP contribution in [0.2, 0.25) is 0 Å². The van der Waals surface area contributed by atoms with Crippen molar-refractivity contribution in [3.8, 4) is 0 Å². The van der Waals surface area contributed by atoms with Crippen LogP contribution in [0, 0.1) is 11.8 Å². The number of likely N-dealkylation sites (tertiary alicyclic amines) is 1. The van der Waals surface area contributed by atoms with Crippen LogP contribution >= 0.6 is 0 Å². The van der Waals surface area contributed by atoms with Crippen molar-refractivity contribution in [3.63, 3.8) is 0 Å². The number of hydrogen-bond donors (Lipinski definition) is 1. The molecule has 2 aliphatic rings. The Morgan fingerprint density at radius 1 is 1.20 bits per heavy atom. The average Bonchev–Trinajstić information content (AvgIpc) is 2.45. The van der Waals surface area contributed by atoms with Gasteiger partial charge in [-0.15, -0.1) is 0 Å². The van der Waals surface area contributed by atoms with Crippen molar-refractivity contribution in [3.05, 3.63) is 0 Å². The number of amides is 2. The summed E-state index contributed by atoms with van der Waals surface area (Å²) in [5, 5.41) is 3.24. The molecule has 0 aromatic heterocycles. The van der Waals surface area contributed by atoms with Crippen LogP contribution < -0.4 is 5.32 Å². The zero-order valence-corrected chi connectivity index (χ0v) is 9.32. The monoisotopic (exact) mass is 210 g/mol. The second kappa shape index (κ2) is 3.93. The fourth-order valence-electron chi connectivity index (χ4n) is 2.39. The standard InChI is InChI=1S/C11H18N2O2/c1-7-8(2)11(15)13(10(7)14)9-4-3-5-12-6-9/h7-9,12H,3-6H2,1-2H3. The van der Waals surface area contributed by atoms with Crippen molar-refractivity contribution in [2.24, 2.45) is 11.8 Å². The average molecular weight is 210 g/mol. The number of rotatable bonds is 1. The molecule has 1 N–H and O–H groups in total. The Morgan fingerprint density at radius 2 is 1.80 bits per heavy atom. The molecule has 0 radical (unpaired) electrons. The summed E-state index contributed by atoms with van der Waals surface area (Å²) < 4.78 is 0. The van der Waals surface area contributed by atoms with Crippen LogP contribution in [0.4, 0.5) is 0 Å². The van der Waals surface area contributed by atoms with E-state index in [-0.39, 0.29) is 29.7 Å². The van der Waals surface area contributed by atoms with Crippen LogP contribution in [0.25, 0.3) is 0 Å². The molecule has 4 nitrogen and oxygen atoms in total. The lowest BCUT2D eigenvalue weighted by Crippen LogP contribution is -2.48. The van der Waals surface area contributed by atoms with Gasteiger partial charge in [0, 0.05) is 18.4 Å². The predicted molar refractivity (Wildman–Crippen MR) is 56.1 cm³/mol. The molecule has 0 bridgehead atoms. The van der Waals surface area contributed by atoms with E-state index in [0.29, 0.717) is 0 Å². The maximum absolute atomic E-state index is 11.9. The van der Waals surface area contributed by atoms with Crippen molar-refractivity contribution < 1.29 is 9.59 Å². The molecule has 4 heteroatoms. The molecule has 2 heterocycles. The maximum Gasteiger partial charge on any atom is 0.233 e. The summed E-state index contributed by atoms with van der Waals surface area (Å²) in [4.78, 5) is 25.3. The Balaban J connectivity index is 2.14. The summed E-state index contributed by atoms with van der Waals surface area (Å²) in [6.45, 7) is 5.46. The minimum Gasteiger partial charge on any atom is -0.315 e. The van der Waals surface area contributed by atoms with Crippen LogP contribution in [0.15, 0.2) is 0 Å². The summed E-state index contributed by atoms with van der Waals surface area (Å²) in [7, 11) is 0. The SMILES string of the molecule is CC1C(=O)N(C2CCCNC2)C(=O)C1C. The molecule has 0 spiro atoms. The molecule has 0 aromatic carbocycles. The Morgan fingerprint density at radius 3 is 2.27 bits per heavy atom. The molecule has 2 fully saturated rings. The second-order valence-electron chi connectivity index (χ2n) is 4.62. The first-order valence-corrected chi connectivity index (χ1v) is 5.70. The fraction of sp³-hybridized carbons (Fsp3) is 0.818. The summed E-state index contributed by atoms with van der Waals surface area (Å²) in [5.74, 6) is -0.249. The zero-order valence-electron chi connectivity index (χ0n) is 9.32. The maximum atomic E-state index is 11.9. The molecule has 2 amide bonds. The van der Waals surface area contributed by atoms with E-state index in [4.69, 9.17) is 0 Å². The topological polar surface area (TPSA) is 49.4 Å². The Labute approximate surface area is 90.0 Å². The van der Waals surface area contributed by atoms with E-state index in [0.717, 1.165) is 25.9 Å². The highest BCUT2D eigenvalue weighted by molar-refractivity contribution is 6.05. The van der Waals surface area contributed by atoms with Crippen LogP contribution in [0.5, 0.6) is 0 Å². The summed E-state index contributed by atoms with van der Waals surface area (Å²) in [6, 6.07) is 0.0890. The lowest BCUT2D eigenvalue weighted by molar-refractivity contribution is -0.142. The highest BCUT2D eigenvalue weighted by Crippen LogP contribution is 2.28. The number of piperidine rings is 1. The Hall–Kier alpha value is -0.900. The van der Waals surface area contributed by atoms with Gasteiger partial charge in [-0.3, -0.25) is 14.5 Å². The normalized spacial score (nSPS) is 37.5. The molecule has 0 saturated carbocycles. The van der Waals surface area contributed by atoms with Crippen molar-refractivity contribution in [2.75, 3.05) is 13.1 Å². The predicted octanol–water partition coefficient (Wildman–Crippen LogP) is 0.379. The molecular weight excluding hydrogens is 192 g/mol. The third kappa shape index (κ3) is 1.67. The van der Waals surface area contributed by atoms with Gasteiger partial charge in [-0.25, -0.2) is 0 Å². The van der Waals surface area contributed by atoms with Crippen molar-refractivity contribution in [1.29, 1.82) is 0 Å². The van der Waals surface area contributed by atoms with Crippen molar-refractivity contribution in [1.82, 2.24) is 10.2 Å². The summed E-state index contributed by atoms with van der Waals surface area (Å²) >= 11 is 0. The van der Waals surface area contributed by atoms with E-state index in [2.05, 4.69) is 5.32 Å². The zero-order chi connectivity index (χ0) is 11.0. The van der Waals surface area contributed by atoms with Crippen LogP contribution in [0.3, 0.4) is 0 Å². The van der Waals surface area contributed by atoms with Gasteiger partial charge in [0.25, 0.3) is 0 Å². The number of carbonyl (C=O) groups is 2. The largest absolute Gasteiger partial charge is 0.315 e. The lowest BCUT2D eigenvalue weighted by Gasteiger charge is -2.30. The van der Waals surface area contributed by atoms with Gasteiger partial charge in [-0.1, -0.05) is 13.8 Å². The molecule has 84 valence electrons. The van der Waals surface area contributed by atoms with Gasteiger partial charge in [0.2, 0.25) is 11.8 Å². The minimum absolute atomic E-state index is 0.0150. The Kier molecular flexibility index (Phi) is 2.78. The number of carbonyl (C=O) groups excluding carboxylic acids is 2. The second-order valence-corrected chi connectivity index (χ2v) is 4.62. The van der Waals surface area contributed by atoms with Gasteiger partial charge in [-0.05, 0) is 19.4 Å². The third-order valence-corrected chi connectivity index (χ3v) is 3.64. The smallest absolute Gasteiger partial charge is 0.233 e. The Bertz CT molecular complexity index is 264. The number of imide groups is 1. The molecule has 0 aromatic rings. The van der Waals surface area contributed by atoms with E-state index < -0.39 is 0 Å². The first-order valence-electron chi connectivity index (χ1n) is 5.70. The molecule has 3 unspecified atom stereocenters. The number of nitrogens with zero attached hydrogens (tertiary/aromatic N) is 1. The van der Waals surface area contributed by atoms with Crippen molar-refractivity contribution >= 4 is 11.8 Å². The molecule has 15 heavy (non-hydrogen) atoms. The lowest BCUT2D eigenvalue weighted by atomic mass is 10.00. The van der Waals surface area contributed by atoms with Gasteiger partial charge in [-0.2, -0.15) is 0 Å². The molecule has 2 rings (SSSR count). The van der Waals surface area contributed by atoms with Gasteiger partial charge in [0.1, 0.15) is 0 Å². The van der Waals surface area contributed by atoms with E-state index >= 15 is 0 Å². The highest BCUT2D eigenvalue weighted by Gasteiger charge is 2.45. The van der Waals surface area contributed by atoms with Crippen LogP contribution in [-0.2, 0) is 9.59 Å².